The summed E-state index contributed by atoms with van der Waals surface area (Å²) in [6.07, 6.45) is 3.30. The van der Waals surface area contributed by atoms with Gasteiger partial charge in [-0.15, -0.1) is 0 Å². The molecule has 2 unspecified atom stereocenters. The number of fused-ring (bicyclic) bond motifs is 2. The number of sulfone groups is 1. The zero-order chi connectivity index (χ0) is 18.7. The summed E-state index contributed by atoms with van der Waals surface area (Å²) in [5.74, 6) is -2.75. The molecule has 142 valence electrons. The van der Waals surface area contributed by atoms with E-state index in [1.165, 1.54) is 0 Å². The molecule has 5 nitrogen and oxygen atoms in total. The summed E-state index contributed by atoms with van der Waals surface area (Å²) in [5, 5.41) is 2.81. The Morgan fingerprint density at radius 2 is 1.81 bits per heavy atom. The second kappa shape index (κ2) is 5.65. The number of hydrogen-bond donors (Lipinski definition) is 1. The monoisotopic (exact) mass is 384 g/mol. The first-order valence-electron chi connectivity index (χ1n) is 8.83. The summed E-state index contributed by atoms with van der Waals surface area (Å²) >= 11 is 0. The Bertz CT molecular complexity index is 842. The topological polar surface area (TPSA) is 66.5 Å². The van der Waals surface area contributed by atoms with Gasteiger partial charge in [-0.1, -0.05) is 18.2 Å². The molecule has 4 rings (SSSR count). The van der Waals surface area contributed by atoms with Crippen LogP contribution in [0.2, 0.25) is 0 Å². The first-order chi connectivity index (χ1) is 12.1. The van der Waals surface area contributed by atoms with Crippen molar-refractivity contribution >= 4 is 21.6 Å². The smallest absolute Gasteiger partial charge is 0.319 e. The van der Waals surface area contributed by atoms with Gasteiger partial charge in [-0.05, 0) is 37.3 Å². The van der Waals surface area contributed by atoms with Crippen LogP contribution in [-0.4, -0.2) is 43.6 Å². The molecule has 0 radical (unpaired) electrons. The zero-order valence-corrected chi connectivity index (χ0v) is 15.4. The van der Waals surface area contributed by atoms with E-state index in [2.05, 4.69) is 5.32 Å². The molecule has 2 heterocycles. The van der Waals surface area contributed by atoms with Gasteiger partial charge in [-0.2, -0.15) is 0 Å². The fraction of sp³-hybridized carbons (Fsp3) is 0.611. The highest BCUT2D eigenvalue weighted by atomic mass is 32.2. The van der Waals surface area contributed by atoms with Gasteiger partial charge in [0.25, 0.3) is 5.92 Å². The summed E-state index contributed by atoms with van der Waals surface area (Å²) in [4.78, 5) is 14.5. The van der Waals surface area contributed by atoms with E-state index in [-0.39, 0.29) is 30.3 Å². The Balaban J connectivity index is 1.50. The third kappa shape index (κ3) is 2.98. The number of halogens is 2. The second-order valence-electron chi connectivity index (χ2n) is 8.02. The van der Waals surface area contributed by atoms with E-state index in [9.17, 15) is 22.0 Å². The van der Waals surface area contributed by atoms with Gasteiger partial charge in [0, 0.05) is 35.9 Å². The third-order valence-corrected chi connectivity index (χ3v) is 6.83. The quantitative estimate of drug-likeness (QED) is 0.868. The largest absolute Gasteiger partial charge is 0.322 e. The first kappa shape index (κ1) is 17.7. The second-order valence-corrected chi connectivity index (χ2v) is 10.2. The lowest BCUT2D eigenvalue weighted by Crippen LogP contribution is -2.50. The number of para-hydroxylation sites is 1. The molecule has 2 saturated heterocycles. The number of benzene rings is 1. The molecule has 26 heavy (non-hydrogen) atoms. The van der Waals surface area contributed by atoms with Crippen LogP contribution in [-0.2, 0) is 15.6 Å². The van der Waals surface area contributed by atoms with Crippen LogP contribution in [0.1, 0.15) is 37.7 Å². The molecule has 1 spiro atoms. The first-order valence-corrected chi connectivity index (χ1v) is 10.9. The highest BCUT2D eigenvalue weighted by molar-refractivity contribution is 7.89. The van der Waals surface area contributed by atoms with Crippen LogP contribution in [0.5, 0.6) is 0 Å². The Hall–Kier alpha value is -1.70. The maximum Gasteiger partial charge on any atom is 0.322 e. The van der Waals surface area contributed by atoms with Crippen LogP contribution >= 0.6 is 0 Å². The Morgan fingerprint density at radius 3 is 2.35 bits per heavy atom. The van der Waals surface area contributed by atoms with Gasteiger partial charge in [0.15, 0.2) is 9.84 Å². The number of carbonyl (C=O) groups is 1. The highest BCUT2D eigenvalue weighted by Crippen LogP contribution is 2.69. The fourth-order valence-electron chi connectivity index (χ4n) is 4.73. The molecule has 3 aliphatic rings. The fourth-order valence-corrected chi connectivity index (χ4v) is 5.55. The molecule has 1 N–H and O–H groups in total. The van der Waals surface area contributed by atoms with Crippen molar-refractivity contribution in [3.8, 4) is 0 Å². The van der Waals surface area contributed by atoms with Crippen LogP contribution in [0.15, 0.2) is 24.3 Å². The van der Waals surface area contributed by atoms with E-state index >= 15 is 0 Å². The standard InChI is InChI=1S/C18H22F2N2O3S/c1-26(24,25)10-12-4-2-3-5-15(12)21-16(23)22-13-6-7-14(22)9-17(8-13)11-18(17,19)20/h2-5,13-14H,6-11H2,1H3,(H,21,23). The number of nitrogens with zero attached hydrogens (tertiary/aromatic N) is 1. The van der Waals surface area contributed by atoms with Crippen LogP contribution in [0, 0.1) is 5.41 Å². The highest BCUT2D eigenvalue weighted by Gasteiger charge is 2.74. The normalized spacial score (nSPS) is 31.9. The SMILES string of the molecule is CS(=O)(=O)Cc1ccccc1NC(=O)N1C2CCC1CC1(C2)CC1(F)F. The van der Waals surface area contributed by atoms with Gasteiger partial charge in [-0.25, -0.2) is 22.0 Å². The summed E-state index contributed by atoms with van der Waals surface area (Å²) in [6, 6.07) is 6.14. The molecular weight excluding hydrogens is 362 g/mol. The van der Waals surface area contributed by atoms with Crippen molar-refractivity contribution in [1.82, 2.24) is 4.90 Å². The zero-order valence-electron chi connectivity index (χ0n) is 14.5. The predicted molar refractivity (Wildman–Crippen MR) is 93.9 cm³/mol. The Kier molecular flexibility index (Phi) is 3.84. The summed E-state index contributed by atoms with van der Waals surface area (Å²) in [5.41, 5.74) is 0.0846. The number of rotatable bonds is 3. The molecule has 2 bridgehead atoms. The molecule has 1 saturated carbocycles. The number of carbonyl (C=O) groups excluding carboxylic acids is 1. The maximum atomic E-state index is 13.8. The molecule has 2 atom stereocenters. The minimum absolute atomic E-state index is 0.0559. The number of anilines is 1. The van der Waals surface area contributed by atoms with Crippen LogP contribution in [0.3, 0.4) is 0 Å². The number of alkyl halides is 2. The summed E-state index contributed by atoms with van der Waals surface area (Å²) in [6.45, 7) is 0. The van der Waals surface area contributed by atoms with Crippen LogP contribution < -0.4 is 5.32 Å². The van der Waals surface area contributed by atoms with Crippen molar-refractivity contribution < 1.29 is 22.0 Å². The Labute approximate surface area is 151 Å². The van der Waals surface area contributed by atoms with E-state index in [4.69, 9.17) is 0 Å². The summed E-state index contributed by atoms with van der Waals surface area (Å²) < 4.78 is 50.7. The maximum absolute atomic E-state index is 13.8. The van der Waals surface area contributed by atoms with E-state index < -0.39 is 21.2 Å². The number of hydrogen-bond acceptors (Lipinski definition) is 3. The van der Waals surface area contributed by atoms with Gasteiger partial charge >= 0.3 is 6.03 Å². The minimum atomic E-state index is -3.24. The lowest BCUT2D eigenvalue weighted by molar-refractivity contribution is 0.0186. The Morgan fingerprint density at radius 1 is 1.23 bits per heavy atom. The molecule has 3 fully saturated rings. The number of piperidine rings is 1. The molecular formula is C18H22F2N2O3S. The number of amides is 2. The van der Waals surface area contributed by atoms with Crippen molar-refractivity contribution in [3.63, 3.8) is 0 Å². The van der Waals surface area contributed by atoms with E-state index in [0.29, 0.717) is 24.1 Å². The van der Waals surface area contributed by atoms with Gasteiger partial charge in [-0.3, -0.25) is 0 Å². The molecule has 1 aromatic rings. The third-order valence-electron chi connectivity index (χ3n) is 6.00. The van der Waals surface area contributed by atoms with E-state index in [1.54, 1.807) is 29.2 Å². The van der Waals surface area contributed by atoms with Gasteiger partial charge < -0.3 is 10.2 Å². The van der Waals surface area contributed by atoms with Crippen LogP contribution in [0.4, 0.5) is 19.3 Å². The van der Waals surface area contributed by atoms with Crippen molar-refractivity contribution in [3.05, 3.63) is 29.8 Å². The van der Waals surface area contributed by atoms with Gasteiger partial charge in [0.1, 0.15) is 0 Å². The molecule has 1 aliphatic carbocycles. The van der Waals surface area contributed by atoms with E-state index in [0.717, 1.165) is 19.1 Å². The van der Waals surface area contributed by atoms with Crippen molar-refractivity contribution in [2.45, 2.75) is 55.9 Å². The predicted octanol–water partition coefficient (Wildman–Crippen LogP) is 3.42. The lowest BCUT2D eigenvalue weighted by atomic mass is 9.87. The van der Waals surface area contributed by atoms with Crippen molar-refractivity contribution in [1.29, 1.82) is 0 Å². The molecule has 2 amide bonds. The van der Waals surface area contributed by atoms with Gasteiger partial charge in [0.05, 0.1) is 5.75 Å². The lowest BCUT2D eigenvalue weighted by Gasteiger charge is -2.39. The van der Waals surface area contributed by atoms with E-state index in [1.807, 2.05) is 0 Å². The average Bonchev–Trinajstić information content (AvgIpc) is 2.90. The molecule has 8 heteroatoms. The average molecular weight is 384 g/mol. The van der Waals surface area contributed by atoms with Crippen molar-refractivity contribution in [2.75, 3.05) is 11.6 Å². The molecule has 2 aliphatic heterocycles. The number of nitrogens with one attached hydrogen (secondary N) is 1. The summed E-state index contributed by atoms with van der Waals surface area (Å²) in [7, 11) is -3.24. The molecule has 1 aromatic carbocycles. The van der Waals surface area contributed by atoms with Crippen molar-refractivity contribution in [2.24, 2.45) is 5.41 Å². The molecule has 0 aromatic heterocycles. The van der Waals surface area contributed by atoms with Crippen LogP contribution in [0.25, 0.3) is 0 Å². The van der Waals surface area contributed by atoms with Gasteiger partial charge in [0.2, 0.25) is 0 Å². The minimum Gasteiger partial charge on any atom is -0.319 e. The number of urea groups is 1.